The Morgan fingerprint density at radius 3 is 3.00 bits per heavy atom. The number of rotatable bonds is 5. The summed E-state index contributed by atoms with van der Waals surface area (Å²) in [7, 11) is 2.11. The smallest absolute Gasteiger partial charge is 0.263 e. The highest BCUT2D eigenvalue weighted by molar-refractivity contribution is 9.10. The van der Waals surface area contributed by atoms with Crippen LogP contribution in [0.1, 0.15) is 22.5 Å². The average Bonchev–Trinajstić information content (AvgIpc) is 3.25. The van der Waals surface area contributed by atoms with Crippen LogP contribution in [-0.4, -0.2) is 37.0 Å². The number of carbonyl (C=O) groups excluding carboxylic acids is 1. The van der Waals surface area contributed by atoms with Gasteiger partial charge in [0.25, 0.3) is 5.91 Å². The Kier molecular flexibility index (Phi) is 4.19. The molecule has 2 aromatic rings. The summed E-state index contributed by atoms with van der Waals surface area (Å²) in [5.41, 5.74) is 6.69. The van der Waals surface area contributed by atoms with Gasteiger partial charge in [-0.25, -0.2) is 0 Å². The fourth-order valence-electron chi connectivity index (χ4n) is 2.38. The fourth-order valence-corrected chi connectivity index (χ4v) is 3.76. The van der Waals surface area contributed by atoms with E-state index in [9.17, 15) is 4.79 Å². The molecule has 21 heavy (non-hydrogen) atoms. The van der Waals surface area contributed by atoms with Crippen LogP contribution in [0.2, 0.25) is 0 Å². The molecule has 0 bridgehead atoms. The number of anilines is 1. The van der Waals surface area contributed by atoms with Crippen molar-refractivity contribution in [3.05, 3.63) is 27.5 Å². The van der Waals surface area contributed by atoms with Crippen LogP contribution in [0.15, 0.2) is 22.7 Å². The summed E-state index contributed by atoms with van der Waals surface area (Å²) in [5.74, 6) is -0.0750. The molecule has 1 aromatic heterocycles. The van der Waals surface area contributed by atoms with Crippen LogP contribution in [-0.2, 0) is 0 Å². The fraction of sp³-hybridized carbons (Fsp3) is 0.400. The molecule has 112 valence electrons. The molecule has 3 rings (SSSR count). The van der Waals surface area contributed by atoms with Crippen molar-refractivity contribution in [2.45, 2.75) is 18.9 Å². The number of hydrogen-bond donors (Lipinski definition) is 2. The van der Waals surface area contributed by atoms with Crippen molar-refractivity contribution < 1.29 is 4.79 Å². The van der Waals surface area contributed by atoms with E-state index in [-0.39, 0.29) is 5.91 Å². The van der Waals surface area contributed by atoms with E-state index >= 15 is 0 Å². The Morgan fingerprint density at radius 1 is 1.52 bits per heavy atom. The summed E-state index contributed by atoms with van der Waals surface area (Å²) in [5, 5.41) is 3.91. The van der Waals surface area contributed by atoms with Gasteiger partial charge in [0.05, 0.1) is 5.69 Å². The first kappa shape index (κ1) is 14.8. The minimum absolute atomic E-state index is 0.0750. The molecule has 6 heteroatoms. The third-order valence-corrected chi connectivity index (χ3v) is 5.49. The molecule has 0 aliphatic heterocycles. The maximum Gasteiger partial charge on any atom is 0.263 e. The Balaban J connectivity index is 1.67. The minimum atomic E-state index is -0.0750. The summed E-state index contributed by atoms with van der Waals surface area (Å²) in [6.45, 7) is 1.54. The SMILES string of the molecule is CN(CCNC(=O)c1sc2ccc(Br)cc2c1N)C1CC1. The van der Waals surface area contributed by atoms with Gasteiger partial charge in [0.15, 0.2) is 0 Å². The van der Waals surface area contributed by atoms with Crippen molar-refractivity contribution >= 4 is 48.9 Å². The molecular formula is C15H18BrN3OS. The number of amides is 1. The second-order valence-electron chi connectivity index (χ2n) is 5.45. The highest BCUT2D eigenvalue weighted by Gasteiger charge is 2.25. The first-order valence-electron chi connectivity index (χ1n) is 7.02. The topological polar surface area (TPSA) is 58.4 Å². The van der Waals surface area contributed by atoms with Crippen molar-refractivity contribution in [2.75, 3.05) is 25.9 Å². The zero-order valence-electron chi connectivity index (χ0n) is 11.9. The number of fused-ring (bicyclic) bond motifs is 1. The molecule has 1 fully saturated rings. The summed E-state index contributed by atoms with van der Waals surface area (Å²) in [6.07, 6.45) is 2.56. The third-order valence-electron chi connectivity index (χ3n) is 3.81. The van der Waals surface area contributed by atoms with Crippen LogP contribution >= 0.6 is 27.3 Å². The second-order valence-corrected chi connectivity index (χ2v) is 7.42. The first-order valence-corrected chi connectivity index (χ1v) is 8.63. The van der Waals surface area contributed by atoms with E-state index < -0.39 is 0 Å². The van der Waals surface area contributed by atoms with Crippen molar-refractivity contribution in [1.82, 2.24) is 10.2 Å². The number of nitrogen functional groups attached to an aromatic ring is 1. The van der Waals surface area contributed by atoms with Gasteiger partial charge in [0, 0.05) is 33.7 Å². The molecule has 1 amide bonds. The van der Waals surface area contributed by atoms with Gasteiger partial charge in [-0.05, 0) is 38.1 Å². The monoisotopic (exact) mass is 367 g/mol. The van der Waals surface area contributed by atoms with Crippen LogP contribution in [0.3, 0.4) is 0 Å². The van der Waals surface area contributed by atoms with Gasteiger partial charge in [-0.2, -0.15) is 0 Å². The summed E-state index contributed by atoms with van der Waals surface area (Å²) >= 11 is 4.88. The molecule has 0 radical (unpaired) electrons. The molecule has 0 unspecified atom stereocenters. The van der Waals surface area contributed by atoms with Crippen LogP contribution in [0.25, 0.3) is 10.1 Å². The van der Waals surface area contributed by atoms with E-state index in [2.05, 4.69) is 33.2 Å². The van der Waals surface area contributed by atoms with Crippen molar-refractivity contribution in [3.8, 4) is 0 Å². The first-order chi connectivity index (χ1) is 10.1. The summed E-state index contributed by atoms with van der Waals surface area (Å²) in [6, 6.07) is 6.62. The maximum absolute atomic E-state index is 12.3. The van der Waals surface area contributed by atoms with Crippen LogP contribution in [0.4, 0.5) is 5.69 Å². The molecule has 0 spiro atoms. The minimum Gasteiger partial charge on any atom is -0.397 e. The van der Waals surface area contributed by atoms with Crippen LogP contribution in [0, 0.1) is 0 Å². The predicted molar refractivity (Wildman–Crippen MR) is 91.9 cm³/mol. The Hall–Kier alpha value is -1.11. The predicted octanol–water partition coefficient (Wildman–Crippen LogP) is 3.07. The Morgan fingerprint density at radius 2 is 2.29 bits per heavy atom. The highest BCUT2D eigenvalue weighted by atomic mass is 79.9. The second kappa shape index (κ2) is 5.94. The lowest BCUT2D eigenvalue weighted by molar-refractivity contribution is 0.0954. The number of likely N-dealkylation sites (N-methyl/N-ethyl adjacent to an activating group) is 1. The summed E-state index contributed by atoms with van der Waals surface area (Å²) in [4.78, 5) is 15.2. The van der Waals surface area contributed by atoms with Gasteiger partial charge < -0.3 is 16.0 Å². The lowest BCUT2D eigenvalue weighted by Gasteiger charge is -2.15. The number of thiophene rings is 1. The standard InChI is InChI=1S/C15H18BrN3OS/c1-19(10-3-4-10)7-6-18-15(20)14-13(17)11-8-9(16)2-5-12(11)21-14/h2,5,8,10H,3-4,6-7,17H2,1H3,(H,18,20). The zero-order valence-corrected chi connectivity index (χ0v) is 14.3. The van der Waals surface area contributed by atoms with E-state index in [1.165, 1.54) is 24.2 Å². The largest absolute Gasteiger partial charge is 0.397 e. The van der Waals surface area contributed by atoms with Crippen LogP contribution in [0.5, 0.6) is 0 Å². The number of nitrogens with two attached hydrogens (primary N) is 1. The molecule has 1 heterocycles. The molecular weight excluding hydrogens is 350 g/mol. The van der Waals surface area contributed by atoms with E-state index in [1.807, 2.05) is 18.2 Å². The molecule has 1 aliphatic carbocycles. The lowest BCUT2D eigenvalue weighted by atomic mass is 10.2. The number of benzene rings is 1. The van der Waals surface area contributed by atoms with Crippen molar-refractivity contribution in [3.63, 3.8) is 0 Å². The number of hydrogen-bond acceptors (Lipinski definition) is 4. The van der Waals surface area contributed by atoms with Gasteiger partial charge in [-0.1, -0.05) is 15.9 Å². The number of nitrogens with zero attached hydrogens (tertiary/aromatic N) is 1. The normalized spacial score (nSPS) is 14.8. The molecule has 0 saturated heterocycles. The lowest BCUT2D eigenvalue weighted by Crippen LogP contribution is -2.33. The van der Waals surface area contributed by atoms with Gasteiger partial charge in [0.1, 0.15) is 4.88 Å². The van der Waals surface area contributed by atoms with Gasteiger partial charge in [-0.15, -0.1) is 11.3 Å². The van der Waals surface area contributed by atoms with Crippen molar-refractivity contribution in [1.29, 1.82) is 0 Å². The third kappa shape index (κ3) is 3.22. The molecule has 1 aliphatic rings. The highest BCUT2D eigenvalue weighted by Crippen LogP contribution is 2.35. The number of halogens is 1. The van der Waals surface area contributed by atoms with Gasteiger partial charge in [-0.3, -0.25) is 4.79 Å². The van der Waals surface area contributed by atoms with Gasteiger partial charge in [0.2, 0.25) is 0 Å². The van der Waals surface area contributed by atoms with Crippen LogP contribution < -0.4 is 11.1 Å². The molecule has 1 aromatic carbocycles. The average molecular weight is 368 g/mol. The molecule has 4 nitrogen and oxygen atoms in total. The Labute approximate surface area is 136 Å². The van der Waals surface area contributed by atoms with Crippen molar-refractivity contribution in [2.24, 2.45) is 0 Å². The zero-order chi connectivity index (χ0) is 15.0. The molecule has 3 N–H and O–H groups in total. The molecule has 1 saturated carbocycles. The van der Waals surface area contributed by atoms with E-state index in [0.717, 1.165) is 21.1 Å². The van der Waals surface area contributed by atoms with Gasteiger partial charge >= 0.3 is 0 Å². The Bertz CT molecular complexity index is 681. The maximum atomic E-state index is 12.3. The number of carbonyl (C=O) groups is 1. The van der Waals surface area contributed by atoms with E-state index in [1.54, 1.807) is 0 Å². The quantitative estimate of drug-likeness (QED) is 0.853. The van der Waals surface area contributed by atoms with E-state index in [0.29, 0.717) is 23.2 Å². The summed E-state index contributed by atoms with van der Waals surface area (Å²) < 4.78 is 2.01. The number of nitrogens with one attached hydrogen (secondary N) is 1. The molecule has 0 atom stereocenters. The van der Waals surface area contributed by atoms with E-state index in [4.69, 9.17) is 5.73 Å².